The van der Waals surface area contributed by atoms with Gasteiger partial charge in [-0.2, -0.15) is 4.39 Å². The highest BCUT2D eigenvalue weighted by Gasteiger charge is 2.34. The van der Waals surface area contributed by atoms with Gasteiger partial charge in [0.25, 0.3) is 5.91 Å². The summed E-state index contributed by atoms with van der Waals surface area (Å²) in [5.74, 6) is -7.76. The van der Waals surface area contributed by atoms with Crippen LogP contribution in [0.25, 0.3) is 10.9 Å². The summed E-state index contributed by atoms with van der Waals surface area (Å²) in [6.07, 6.45) is 5.61. The lowest BCUT2D eigenvalue weighted by atomic mass is 9.84. The van der Waals surface area contributed by atoms with E-state index in [-0.39, 0.29) is 23.9 Å². The van der Waals surface area contributed by atoms with Crippen LogP contribution < -0.4 is 20.7 Å². The predicted octanol–water partition coefficient (Wildman–Crippen LogP) is 4.31. The molecule has 1 aromatic heterocycles. The van der Waals surface area contributed by atoms with Gasteiger partial charge in [-0.1, -0.05) is 50.3 Å². The van der Waals surface area contributed by atoms with Crippen LogP contribution in [0.4, 0.5) is 13.2 Å². The number of benzene rings is 2. The SMILES string of the molecule is O=C(NC(CC1CCCCC1)C(=O)NC(CC1CCNC1=O)C(=O)COc1c(F)ccc(F)c1F)c1cc2ccccc2[nH]1. The highest BCUT2D eigenvalue weighted by Crippen LogP contribution is 2.28. The molecule has 3 atom stereocenters. The number of rotatable bonds is 12. The second-order valence-corrected chi connectivity index (χ2v) is 11.5. The lowest BCUT2D eigenvalue weighted by Crippen LogP contribution is -2.53. The minimum Gasteiger partial charge on any atom is -0.480 e. The van der Waals surface area contributed by atoms with Gasteiger partial charge in [0.1, 0.15) is 18.3 Å². The van der Waals surface area contributed by atoms with Crippen LogP contribution in [0.5, 0.6) is 5.75 Å². The lowest BCUT2D eigenvalue weighted by molar-refractivity contribution is -0.131. The van der Waals surface area contributed by atoms with E-state index in [4.69, 9.17) is 4.74 Å². The summed E-state index contributed by atoms with van der Waals surface area (Å²) in [6, 6.07) is 8.06. The van der Waals surface area contributed by atoms with Crippen LogP contribution in [0.15, 0.2) is 42.5 Å². The molecule has 3 amide bonds. The van der Waals surface area contributed by atoms with E-state index in [2.05, 4.69) is 20.9 Å². The number of carbonyl (C=O) groups excluding carboxylic acids is 4. The van der Waals surface area contributed by atoms with Crippen molar-refractivity contribution in [3.05, 3.63) is 65.6 Å². The molecular weight excluding hydrogens is 577 g/mol. The highest BCUT2D eigenvalue weighted by molar-refractivity contribution is 6.01. The number of aromatic nitrogens is 1. The molecule has 5 rings (SSSR count). The molecule has 2 aromatic carbocycles. The van der Waals surface area contributed by atoms with Crippen LogP contribution >= 0.6 is 0 Å². The quantitative estimate of drug-likeness (QED) is 0.227. The molecule has 1 saturated heterocycles. The fourth-order valence-electron chi connectivity index (χ4n) is 6.00. The van der Waals surface area contributed by atoms with Crippen molar-refractivity contribution >= 4 is 34.4 Å². The largest absolute Gasteiger partial charge is 0.480 e. The summed E-state index contributed by atoms with van der Waals surface area (Å²) in [5, 5.41) is 9.02. The topological polar surface area (TPSA) is 129 Å². The first-order chi connectivity index (χ1) is 21.2. The molecule has 44 heavy (non-hydrogen) atoms. The van der Waals surface area contributed by atoms with E-state index < -0.39 is 65.4 Å². The molecule has 1 saturated carbocycles. The van der Waals surface area contributed by atoms with Crippen LogP contribution in [0.2, 0.25) is 0 Å². The minimum absolute atomic E-state index is 0.0833. The van der Waals surface area contributed by atoms with Gasteiger partial charge in [0, 0.05) is 23.4 Å². The first-order valence-electron chi connectivity index (χ1n) is 14.9. The average molecular weight is 613 g/mol. The molecule has 0 bridgehead atoms. The molecule has 0 radical (unpaired) electrons. The molecule has 3 unspecified atom stereocenters. The average Bonchev–Trinajstić information content (AvgIpc) is 3.64. The van der Waals surface area contributed by atoms with Gasteiger partial charge in [0.05, 0.1) is 6.04 Å². The maximum Gasteiger partial charge on any atom is 0.268 e. The molecule has 2 fully saturated rings. The van der Waals surface area contributed by atoms with E-state index in [0.717, 1.165) is 43.0 Å². The summed E-state index contributed by atoms with van der Waals surface area (Å²) in [4.78, 5) is 55.7. The Morgan fingerprint density at radius 3 is 2.39 bits per heavy atom. The number of amides is 3. The Kier molecular flexibility index (Phi) is 9.86. The van der Waals surface area contributed by atoms with Crippen LogP contribution in [-0.2, 0) is 14.4 Å². The number of nitrogens with one attached hydrogen (secondary N) is 4. The van der Waals surface area contributed by atoms with Gasteiger partial charge < -0.3 is 25.7 Å². The normalized spacial score (nSPS) is 18.4. The minimum atomic E-state index is -1.58. The Hall–Kier alpha value is -4.35. The summed E-state index contributed by atoms with van der Waals surface area (Å²) in [5.41, 5.74) is 1.04. The Bertz CT molecular complexity index is 1500. The summed E-state index contributed by atoms with van der Waals surface area (Å²) >= 11 is 0. The standard InChI is InChI=1S/C32H35F3N4O5/c33-21-10-11-22(34)29(28(21)35)44-17-27(40)24(16-20-12-13-36-30(20)41)38-31(42)25(14-18-6-2-1-3-7-18)39-32(43)26-15-19-8-4-5-9-23(19)37-26/h4-5,8-11,15,18,20,24-25,37H,1-3,6-7,12-14,16-17H2,(H,36,41)(H,38,42)(H,39,43). The lowest BCUT2D eigenvalue weighted by Gasteiger charge is -2.28. The second-order valence-electron chi connectivity index (χ2n) is 11.5. The maximum absolute atomic E-state index is 14.1. The zero-order valence-electron chi connectivity index (χ0n) is 24.1. The molecule has 0 spiro atoms. The molecule has 12 heteroatoms. The fourth-order valence-corrected chi connectivity index (χ4v) is 6.00. The molecule has 2 heterocycles. The van der Waals surface area contributed by atoms with E-state index in [0.29, 0.717) is 31.5 Å². The first-order valence-corrected chi connectivity index (χ1v) is 14.9. The third-order valence-corrected chi connectivity index (χ3v) is 8.44. The smallest absolute Gasteiger partial charge is 0.268 e. The van der Waals surface area contributed by atoms with Gasteiger partial charge in [-0.25, -0.2) is 8.78 Å². The van der Waals surface area contributed by atoms with Gasteiger partial charge >= 0.3 is 0 Å². The highest BCUT2D eigenvalue weighted by atomic mass is 19.2. The van der Waals surface area contributed by atoms with E-state index in [9.17, 15) is 32.3 Å². The van der Waals surface area contributed by atoms with Crippen molar-refractivity contribution in [2.45, 2.75) is 63.5 Å². The first kappa shape index (κ1) is 31.1. The van der Waals surface area contributed by atoms with Crippen LogP contribution in [0.1, 0.15) is 61.9 Å². The number of halogens is 3. The van der Waals surface area contributed by atoms with Gasteiger partial charge in [-0.05, 0) is 49.4 Å². The molecule has 1 aliphatic heterocycles. The Labute approximate surface area is 252 Å². The monoisotopic (exact) mass is 612 g/mol. The summed E-state index contributed by atoms with van der Waals surface area (Å²) < 4.78 is 46.9. The second kappa shape index (κ2) is 14.0. The molecule has 4 N–H and O–H groups in total. The van der Waals surface area contributed by atoms with E-state index in [1.807, 2.05) is 24.3 Å². The van der Waals surface area contributed by atoms with E-state index in [1.54, 1.807) is 6.07 Å². The molecule has 9 nitrogen and oxygen atoms in total. The molecule has 2 aliphatic rings. The van der Waals surface area contributed by atoms with Gasteiger partial charge in [-0.15, -0.1) is 0 Å². The number of ether oxygens (including phenoxy) is 1. The zero-order valence-corrected chi connectivity index (χ0v) is 24.1. The Balaban J connectivity index is 1.34. The number of H-pyrrole nitrogens is 1. The molecule has 234 valence electrons. The summed E-state index contributed by atoms with van der Waals surface area (Å²) in [6.45, 7) is -0.481. The number of hydrogen-bond acceptors (Lipinski definition) is 5. The van der Waals surface area contributed by atoms with Gasteiger partial charge in [0.2, 0.25) is 17.6 Å². The number of fused-ring (bicyclic) bond motifs is 1. The van der Waals surface area contributed by atoms with Crippen LogP contribution in [0.3, 0.4) is 0 Å². The number of ketones is 1. The number of hydrogen-bond donors (Lipinski definition) is 4. The number of Topliss-reactive ketones (excluding diaryl/α,β-unsaturated/α-hetero) is 1. The van der Waals surface area contributed by atoms with Crippen molar-refractivity contribution in [1.82, 2.24) is 20.9 Å². The zero-order chi connectivity index (χ0) is 31.2. The van der Waals surface area contributed by atoms with Crippen molar-refractivity contribution in [3.63, 3.8) is 0 Å². The summed E-state index contributed by atoms with van der Waals surface area (Å²) in [7, 11) is 0. The van der Waals surface area contributed by atoms with E-state index >= 15 is 0 Å². The maximum atomic E-state index is 14.1. The molecule has 3 aromatic rings. The van der Waals surface area contributed by atoms with Crippen molar-refractivity contribution < 1.29 is 37.1 Å². The van der Waals surface area contributed by atoms with Gasteiger partial charge in [0.15, 0.2) is 23.2 Å². The van der Waals surface area contributed by atoms with Crippen LogP contribution in [0, 0.1) is 29.3 Å². The molecule has 1 aliphatic carbocycles. The van der Waals surface area contributed by atoms with Gasteiger partial charge in [-0.3, -0.25) is 19.2 Å². The number of para-hydroxylation sites is 1. The third kappa shape index (κ3) is 7.40. The molecular formula is C32H35F3N4O5. The van der Waals surface area contributed by atoms with Crippen molar-refractivity contribution in [3.8, 4) is 5.75 Å². The number of aromatic amines is 1. The van der Waals surface area contributed by atoms with Crippen LogP contribution in [-0.4, -0.2) is 53.7 Å². The predicted molar refractivity (Wildman–Crippen MR) is 155 cm³/mol. The Morgan fingerprint density at radius 1 is 0.909 bits per heavy atom. The van der Waals surface area contributed by atoms with E-state index in [1.165, 1.54) is 0 Å². The van der Waals surface area contributed by atoms with Crippen molar-refractivity contribution in [1.29, 1.82) is 0 Å². The fraction of sp³-hybridized carbons (Fsp3) is 0.438. The van der Waals surface area contributed by atoms with Crippen molar-refractivity contribution in [2.75, 3.05) is 13.2 Å². The third-order valence-electron chi connectivity index (χ3n) is 8.44. The van der Waals surface area contributed by atoms with Crippen molar-refractivity contribution in [2.24, 2.45) is 11.8 Å². The number of carbonyl (C=O) groups is 4. The Morgan fingerprint density at radius 2 is 1.66 bits per heavy atom.